The highest BCUT2D eigenvalue weighted by Gasteiger charge is 2.15. The lowest BCUT2D eigenvalue weighted by Gasteiger charge is -2.19. The molecule has 3 heteroatoms. The molecule has 0 bridgehead atoms. The molecule has 3 nitrogen and oxygen atoms in total. The maximum absolute atomic E-state index is 6.09. The summed E-state index contributed by atoms with van der Waals surface area (Å²) in [4.78, 5) is 4.73. The van der Waals surface area contributed by atoms with Crippen molar-refractivity contribution in [3.63, 3.8) is 0 Å². The van der Waals surface area contributed by atoms with Crippen LogP contribution in [0.2, 0.25) is 0 Å². The van der Waals surface area contributed by atoms with E-state index in [1.54, 1.807) is 0 Å². The molecular weight excluding hydrogens is 236 g/mol. The molecule has 1 heterocycles. The molecule has 0 fully saturated rings. The van der Waals surface area contributed by atoms with E-state index in [-0.39, 0.29) is 5.54 Å². The molecule has 102 valence electrons. The second-order valence-corrected chi connectivity index (χ2v) is 5.68. The van der Waals surface area contributed by atoms with Gasteiger partial charge in [0.1, 0.15) is 11.3 Å². The fraction of sp³-hybridized carbons (Fsp3) is 0.438. The third kappa shape index (κ3) is 3.24. The van der Waals surface area contributed by atoms with Crippen LogP contribution in [0.1, 0.15) is 32.0 Å². The predicted octanol–water partition coefficient (Wildman–Crippen LogP) is 3.22. The van der Waals surface area contributed by atoms with Crippen molar-refractivity contribution in [2.45, 2.75) is 39.7 Å². The first-order valence-electron chi connectivity index (χ1n) is 6.71. The van der Waals surface area contributed by atoms with Crippen LogP contribution in [0.15, 0.2) is 24.3 Å². The first-order valence-corrected chi connectivity index (χ1v) is 6.71. The zero-order chi connectivity index (χ0) is 14.0. The van der Waals surface area contributed by atoms with Gasteiger partial charge in [0.05, 0.1) is 6.61 Å². The molecular formula is C16H22N2O. The summed E-state index contributed by atoms with van der Waals surface area (Å²) in [5, 5.41) is 1.14. The van der Waals surface area contributed by atoms with Crippen LogP contribution in [0, 0.1) is 6.92 Å². The Morgan fingerprint density at radius 3 is 2.68 bits per heavy atom. The van der Waals surface area contributed by atoms with E-state index in [1.165, 1.54) is 5.56 Å². The van der Waals surface area contributed by atoms with Crippen molar-refractivity contribution in [1.82, 2.24) is 4.98 Å². The van der Waals surface area contributed by atoms with Crippen LogP contribution in [0.3, 0.4) is 0 Å². The number of para-hydroxylation sites is 1. The third-order valence-electron chi connectivity index (χ3n) is 3.00. The Balaban J connectivity index is 2.56. The number of ether oxygens (including phenoxy) is 1. The molecule has 2 N–H and O–H groups in total. The van der Waals surface area contributed by atoms with E-state index >= 15 is 0 Å². The summed E-state index contributed by atoms with van der Waals surface area (Å²) in [5.74, 6) is 0.847. The summed E-state index contributed by atoms with van der Waals surface area (Å²) in [6, 6.07) is 8.18. The van der Waals surface area contributed by atoms with Crippen molar-refractivity contribution in [3.8, 4) is 5.75 Å². The maximum Gasteiger partial charge on any atom is 0.145 e. The molecule has 0 aliphatic carbocycles. The summed E-state index contributed by atoms with van der Waals surface area (Å²) in [6.45, 7) is 8.77. The van der Waals surface area contributed by atoms with Crippen LogP contribution in [0.25, 0.3) is 10.9 Å². The van der Waals surface area contributed by atoms with Gasteiger partial charge in [-0.1, -0.05) is 12.1 Å². The van der Waals surface area contributed by atoms with Gasteiger partial charge in [-0.2, -0.15) is 0 Å². The Bertz CT molecular complexity index is 585. The molecule has 1 aromatic heterocycles. The normalized spacial score (nSPS) is 11.8. The molecule has 0 aliphatic heterocycles. The molecule has 0 amide bonds. The molecule has 0 saturated heterocycles. The topological polar surface area (TPSA) is 48.1 Å². The van der Waals surface area contributed by atoms with E-state index in [9.17, 15) is 0 Å². The minimum Gasteiger partial charge on any atom is -0.492 e. The van der Waals surface area contributed by atoms with Gasteiger partial charge in [-0.05, 0) is 45.4 Å². The number of hydrogen-bond acceptors (Lipinski definition) is 3. The van der Waals surface area contributed by atoms with Crippen molar-refractivity contribution in [3.05, 3.63) is 35.5 Å². The molecule has 19 heavy (non-hydrogen) atoms. The van der Waals surface area contributed by atoms with E-state index in [1.807, 2.05) is 32.9 Å². The van der Waals surface area contributed by atoms with Crippen molar-refractivity contribution >= 4 is 10.9 Å². The van der Waals surface area contributed by atoms with Crippen LogP contribution in [0.5, 0.6) is 5.75 Å². The smallest absolute Gasteiger partial charge is 0.145 e. The summed E-state index contributed by atoms with van der Waals surface area (Å²) in [5.41, 5.74) is 9.00. The van der Waals surface area contributed by atoms with E-state index in [0.717, 1.165) is 28.8 Å². The van der Waals surface area contributed by atoms with E-state index < -0.39 is 0 Å². The highest BCUT2D eigenvalue weighted by molar-refractivity contribution is 5.87. The van der Waals surface area contributed by atoms with Gasteiger partial charge in [0.25, 0.3) is 0 Å². The highest BCUT2D eigenvalue weighted by Crippen LogP contribution is 2.27. The number of nitrogens with two attached hydrogens (primary N) is 1. The first-order chi connectivity index (χ1) is 8.90. The SMILES string of the molecule is CCOc1cccc2c(C)cc(CC(C)(C)N)nc12. The van der Waals surface area contributed by atoms with Crippen molar-refractivity contribution < 1.29 is 4.74 Å². The second kappa shape index (κ2) is 5.17. The Hall–Kier alpha value is -1.61. The maximum atomic E-state index is 6.09. The standard InChI is InChI=1S/C16H22N2O/c1-5-19-14-8-6-7-13-11(2)9-12(18-15(13)14)10-16(3,4)17/h6-9H,5,10,17H2,1-4H3. The largest absolute Gasteiger partial charge is 0.492 e. The van der Waals surface area contributed by atoms with Crippen molar-refractivity contribution in [1.29, 1.82) is 0 Å². The second-order valence-electron chi connectivity index (χ2n) is 5.68. The van der Waals surface area contributed by atoms with E-state index in [4.69, 9.17) is 15.5 Å². The van der Waals surface area contributed by atoms with Crippen LogP contribution < -0.4 is 10.5 Å². The average molecular weight is 258 g/mol. The average Bonchev–Trinajstić information content (AvgIpc) is 2.28. The van der Waals surface area contributed by atoms with Crippen LogP contribution in [-0.4, -0.2) is 17.1 Å². The van der Waals surface area contributed by atoms with Crippen molar-refractivity contribution in [2.75, 3.05) is 6.61 Å². The van der Waals surface area contributed by atoms with Gasteiger partial charge in [-0.15, -0.1) is 0 Å². The Kier molecular flexibility index (Phi) is 3.76. The molecule has 0 aliphatic rings. The van der Waals surface area contributed by atoms with Gasteiger partial charge < -0.3 is 10.5 Å². The van der Waals surface area contributed by atoms with Crippen molar-refractivity contribution in [2.24, 2.45) is 5.73 Å². The number of benzene rings is 1. The number of rotatable bonds is 4. The number of hydrogen-bond donors (Lipinski definition) is 1. The summed E-state index contributed by atoms with van der Waals surface area (Å²) in [6.07, 6.45) is 0.754. The number of nitrogens with zero attached hydrogens (tertiary/aromatic N) is 1. The predicted molar refractivity (Wildman–Crippen MR) is 79.6 cm³/mol. The van der Waals surface area contributed by atoms with Gasteiger partial charge in [-0.25, -0.2) is 4.98 Å². The Morgan fingerprint density at radius 2 is 2.05 bits per heavy atom. The summed E-state index contributed by atoms with van der Waals surface area (Å²) >= 11 is 0. The third-order valence-corrected chi connectivity index (χ3v) is 3.00. The Morgan fingerprint density at radius 1 is 1.32 bits per heavy atom. The van der Waals surface area contributed by atoms with Crippen LogP contribution in [-0.2, 0) is 6.42 Å². The minimum atomic E-state index is -0.256. The number of pyridine rings is 1. The molecule has 0 unspecified atom stereocenters. The van der Waals surface area contributed by atoms with Gasteiger partial charge >= 0.3 is 0 Å². The zero-order valence-electron chi connectivity index (χ0n) is 12.2. The van der Waals surface area contributed by atoms with Crippen LogP contribution >= 0.6 is 0 Å². The molecule has 2 aromatic rings. The lowest BCUT2D eigenvalue weighted by Crippen LogP contribution is -2.34. The molecule has 0 radical (unpaired) electrons. The number of aromatic nitrogens is 1. The molecule has 0 spiro atoms. The van der Waals surface area contributed by atoms with Gasteiger partial charge in [0.2, 0.25) is 0 Å². The number of aryl methyl sites for hydroxylation is 1. The van der Waals surface area contributed by atoms with Gasteiger partial charge in [0.15, 0.2) is 0 Å². The quantitative estimate of drug-likeness (QED) is 0.916. The monoisotopic (exact) mass is 258 g/mol. The fourth-order valence-corrected chi connectivity index (χ4v) is 2.29. The van der Waals surface area contributed by atoms with Gasteiger partial charge in [-0.3, -0.25) is 0 Å². The number of fused-ring (bicyclic) bond motifs is 1. The first kappa shape index (κ1) is 13.8. The molecule has 1 aromatic carbocycles. The van der Waals surface area contributed by atoms with Crippen LogP contribution in [0.4, 0.5) is 0 Å². The summed E-state index contributed by atoms with van der Waals surface area (Å²) in [7, 11) is 0. The van der Waals surface area contributed by atoms with E-state index in [2.05, 4.69) is 19.1 Å². The molecule has 0 saturated carbocycles. The zero-order valence-corrected chi connectivity index (χ0v) is 12.2. The Labute approximate surface area is 114 Å². The van der Waals surface area contributed by atoms with E-state index in [0.29, 0.717) is 6.61 Å². The summed E-state index contributed by atoms with van der Waals surface area (Å²) < 4.78 is 5.67. The highest BCUT2D eigenvalue weighted by atomic mass is 16.5. The fourth-order valence-electron chi connectivity index (χ4n) is 2.29. The lowest BCUT2D eigenvalue weighted by molar-refractivity contribution is 0.343. The molecule has 2 rings (SSSR count). The van der Waals surface area contributed by atoms with Gasteiger partial charge in [0, 0.05) is 23.0 Å². The molecule has 0 atom stereocenters. The minimum absolute atomic E-state index is 0.256. The lowest BCUT2D eigenvalue weighted by atomic mass is 9.98.